The van der Waals surface area contributed by atoms with Gasteiger partial charge in [-0.05, 0) is 64.0 Å². The Balaban J connectivity index is 1.77. The summed E-state index contributed by atoms with van der Waals surface area (Å²) < 4.78 is 47.9. The molecular formula is C21H32FNO5S. The molecule has 1 saturated heterocycles. The highest BCUT2D eigenvalue weighted by Gasteiger charge is 2.29. The molecule has 0 spiro atoms. The van der Waals surface area contributed by atoms with Crippen molar-refractivity contribution in [1.29, 1.82) is 0 Å². The average molecular weight is 430 g/mol. The summed E-state index contributed by atoms with van der Waals surface area (Å²) in [5, 5.41) is 0. The van der Waals surface area contributed by atoms with Gasteiger partial charge >= 0.3 is 6.09 Å². The zero-order chi connectivity index (χ0) is 21.8. The third-order valence-electron chi connectivity index (χ3n) is 5.14. The number of piperidine rings is 1. The van der Waals surface area contributed by atoms with Crippen LogP contribution in [0.4, 0.5) is 9.18 Å². The predicted octanol–water partition coefficient (Wildman–Crippen LogP) is 4.28. The number of carbonyl (C=O) groups is 1. The van der Waals surface area contributed by atoms with Crippen LogP contribution < -0.4 is 4.74 Å². The summed E-state index contributed by atoms with van der Waals surface area (Å²) in [6.07, 6.45) is 3.34. The molecule has 1 aromatic rings. The van der Waals surface area contributed by atoms with Crippen molar-refractivity contribution in [2.75, 3.05) is 26.0 Å². The van der Waals surface area contributed by atoms with Crippen LogP contribution in [-0.4, -0.2) is 51.0 Å². The van der Waals surface area contributed by atoms with E-state index in [0.29, 0.717) is 37.3 Å². The Hall–Kier alpha value is -1.83. The normalized spacial score (nSPS) is 17.1. The molecule has 0 aliphatic carbocycles. The van der Waals surface area contributed by atoms with E-state index in [2.05, 4.69) is 6.92 Å². The maximum absolute atomic E-state index is 13.9. The molecule has 1 aromatic carbocycles. The summed E-state index contributed by atoms with van der Waals surface area (Å²) in [4.78, 5) is 13.6. The van der Waals surface area contributed by atoms with E-state index in [4.69, 9.17) is 9.47 Å². The molecule has 1 amide bonds. The third kappa shape index (κ3) is 7.17. The van der Waals surface area contributed by atoms with E-state index in [-0.39, 0.29) is 11.0 Å². The first-order valence-electron chi connectivity index (χ1n) is 9.97. The van der Waals surface area contributed by atoms with Gasteiger partial charge in [-0.25, -0.2) is 17.6 Å². The van der Waals surface area contributed by atoms with Crippen LogP contribution in [-0.2, 0) is 14.6 Å². The van der Waals surface area contributed by atoms with Gasteiger partial charge < -0.3 is 14.4 Å². The fourth-order valence-corrected chi connectivity index (χ4v) is 4.18. The number of likely N-dealkylation sites (tertiary alicyclic amines) is 1. The molecule has 0 N–H and O–H groups in total. The van der Waals surface area contributed by atoms with Gasteiger partial charge in [0.2, 0.25) is 0 Å². The number of nitrogens with zero attached hydrogens (tertiary/aromatic N) is 1. The maximum Gasteiger partial charge on any atom is 0.410 e. The van der Waals surface area contributed by atoms with Crippen molar-refractivity contribution in [3.05, 3.63) is 24.0 Å². The molecule has 1 fully saturated rings. The Bertz CT molecular complexity index is 811. The Morgan fingerprint density at radius 3 is 2.41 bits per heavy atom. The molecular weight excluding hydrogens is 397 g/mol. The number of amides is 1. The zero-order valence-corrected chi connectivity index (χ0v) is 18.7. The lowest BCUT2D eigenvalue weighted by molar-refractivity contribution is 0.0158. The standard InChI is InChI=1S/C21H32FNO5S/c1-15(16-8-11-23(12-9-16)20(24)28-21(2,3)4)10-13-27-17-6-7-19(18(22)14-17)29(5,25)26/h6-7,14-16H,8-13H2,1-5H3/t15-/m1/s1. The molecule has 1 aliphatic rings. The van der Waals surface area contributed by atoms with Crippen molar-refractivity contribution in [1.82, 2.24) is 4.90 Å². The van der Waals surface area contributed by atoms with Gasteiger partial charge in [0.05, 0.1) is 6.61 Å². The quantitative estimate of drug-likeness (QED) is 0.675. The van der Waals surface area contributed by atoms with Crippen molar-refractivity contribution in [3.8, 4) is 5.75 Å². The molecule has 8 heteroatoms. The van der Waals surface area contributed by atoms with Gasteiger partial charge in [0.25, 0.3) is 0 Å². The topological polar surface area (TPSA) is 72.9 Å². The van der Waals surface area contributed by atoms with E-state index in [9.17, 15) is 17.6 Å². The fraction of sp³-hybridized carbons (Fsp3) is 0.667. The van der Waals surface area contributed by atoms with E-state index in [0.717, 1.165) is 31.6 Å². The lowest BCUT2D eigenvalue weighted by Gasteiger charge is -2.35. The molecule has 0 unspecified atom stereocenters. The highest BCUT2D eigenvalue weighted by molar-refractivity contribution is 7.90. The molecule has 1 heterocycles. The number of ether oxygens (including phenoxy) is 2. The van der Waals surface area contributed by atoms with Gasteiger partial charge in [-0.1, -0.05) is 6.92 Å². The van der Waals surface area contributed by atoms with E-state index in [1.54, 1.807) is 4.90 Å². The van der Waals surface area contributed by atoms with Gasteiger partial charge in [0.15, 0.2) is 9.84 Å². The molecule has 29 heavy (non-hydrogen) atoms. The van der Waals surface area contributed by atoms with Crippen LogP contribution in [0.2, 0.25) is 0 Å². The van der Waals surface area contributed by atoms with Crippen LogP contribution in [0.3, 0.4) is 0 Å². The number of carbonyl (C=O) groups excluding carboxylic acids is 1. The van der Waals surface area contributed by atoms with Crippen molar-refractivity contribution in [3.63, 3.8) is 0 Å². The molecule has 6 nitrogen and oxygen atoms in total. The van der Waals surface area contributed by atoms with Crippen LogP contribution in [0.1, 0.15) is 47.0 Å². The minimum Gasteiger partial charge on any atom is -0.493 e. The van der Waals surface area contributed by atoms with Crippen LogP contribution in [0.5, 0.6) is 5.75 Å². The number of rotatable bonds is 6. The second-order valence-electron chi connectivity index (χ2n) is 8.78. The molecule has 0 saturated carbocycles. The Morgan fingerprint density at radius 2 is 1.90 bits per heavy atom. The second kappa shape index (κ2) is 9.32. The summed E-state index contributed by atoms with van der Waals surface area (Å²) in [6.45, 7) is 9.53. The molecule has 0 radical (unpaired) electrons. The van der Waals surface area contributed by atoms with Gasteiger partial charge in [-0.2, -0.15) is 0 Å². The molecule has 1 aliphatic heterocycles. The van der Waals surface area contributed by atoms with Crippen molar-refractivity contribution < 1.29 is 27.1 Å². The highest BCUT2D eigenvalue weighted by Crippen LogP contribution is 2.28. The molecule has 0 aromatic heterocycles. The largest absolute Gasteiger partial charge is 0.493 e. The monoisotopic (exact) mass is 429 g/mol. The van der Waals surface area contributed by atoms with E-state index >= 15 is 0 Å². The fourth-order valence-electron chi connectivity index (χ4n) is 3.45. The van der Waals surface area contributed by atoms with Crippen LogP contribution in [0.25, 0.3) is 0 Å². The maximum atomic E-state index is 13.9. The van der Waals surface area contributed by atoms with Gasteiger partial charge in [-0.15, -0.1) is 0 Å². The number of sulfone groups is 1. The number of hydrogen-bond donors (Lipinski definition) is 0. The lowest BCUT2D eigenvalue weighted by Crippen LogP contribution is -2.42. The Labute approximate surface area is 173 Å². The van der Waals surface area contributed by atoms with Crippen LogP contribution in [0.15, 0.2) is 23.1 Å². The Kier molecular flexibility index (Phi) is 7.54. The number of benzene rings is 1. The summed E-state index contributed by atoms with van der Waals surface area (Å²) in [5.41, 5.74) is -0.489. The van der Waals surface area contributed by atoms with Gasteiger partial charge in [0.1, 0.15) is 22.1 Å². The predicted molar refractivity (Wildman–Crippen MR) is 109 cm³/mol. The minimum absolute atomic E-state index is 0.258. The van der Waals surface area contributed by atoms with Gasteiger partial charge in [0, 0.05) is 25.4 Å². The van der Waals surface area contributed by atoms with Gasteiger partial charge in [-0.3, -0.25) is 0 Å². The SMILES string of the molecule is C[C@H](CCOc1ccc(S(C)(=O)=O)c(F)c1)C1CCN(C(=O)OC(C)(C)C)CC1. The highest BCUT2D eigenvalue weighted by atomic mass is 32.2. The smallest absolute Gasteiger partial charge is 0.410 e. The van der Waals surface area contributed by atoms with Crippen molar-refractivity contribution in [2.24, 2.45) is 11.8 Å². The third-order valence-corrected chi connectivity index (χ3v) is 6.27. The first-order valence-corrected chi connectivity index (χ1v) is 11.9. The number of hydrogen-bond acceptors (Lipinski definition) is 5. The molecule has 1 atom stereocenters. The van der Waals surface area contributed by atoms with E-state index in [1.165, 1.54) is 12.1 Å². The first kappa shape index (κ1) is 23.4. The average Bonchev–Trinajstić information content (AvgIpc) is 2.59. The minimum atomic E-state index is -3.59. The molecule has 2 rings (SSSR count). The van der Waals surface area contributed by atoms with Crippen LogP contribution >= 0.6 is 0 Å². The summed E-state index contributed by atoms with van der Waals surface area (Å²) in [6, 6.07) is 3.82. The molecule has 0 bridgehead atoms. The van der Waals surface area contributed by atoms with Crippen LogP contribution in [0, 0.1) is 17.7 Å². The van der Waals surface area contributed by atoms with Crippen molar-refractivity contribution >= 4 is 15.9 Å². The summed E-state index contributed by atoms with van der Waals surface area (Å²) in [7, 11) is -3.59. The van der Waals surface area contributed by atoms with Crippen molar-refractivity contribution in [2.45, 2.75) is 57.5 Å². The Morgan fingerprint density at radius 1 is 1.28 bits per heavy atom. The summed E-state index contributed by atoms with van der Waals surface area (Å²) in [5.74, 6) is 0.409. The van der Waals surface area contributed by atoms with E-state index < -0.39 is 21.3 Å². The molecule has 164 valence electrons. The lowest BCUT2D eigenvalue weighted by atomic mass is 9.84. The zero-order valence-electron chi connectivity index (χ0n) is 17.9. The summed E-state index contributed by atoms with van der Waals surface area (Å²) >= 11 is 0. The second-order valence-corrected chi connectivity index (χ2v) is 10.8. The first-order chi connectivity index (χ1) is 13.4. The van der Waals surface area contributed by atoms with E-state index in [1.807, 2.05) is 20.8 Å². The number of halogens is 1.